The van der Waals surface area contributed by atoms with Crippen molar-refractivity contribution in [2.24, 2.45) is 4.99 Å². The Morgan fingerprint density at radius 3 is 2.69 bits per heavy atom. The molecule has 0 aliphatic rings. The van der Waals surface area contributed by atoms with E-state index in [4.69, 9.17) is 13.9 Å². The molecular formula is C19H31IN4O2. The number of nitrogens with zero attached hydrogens (tertiary/aromatic N) is 2. The van der Waals surface area contributed by atoms with Crippen LogP contribution in [-0.4, -0.2) is 23.7 Å². The van der Waals surface area contributed by atoms with E-state index < -0.39 is 0 Å². The molecule has 6 nitrogen and oxygen atoms in total. The molecule has 1 atom stereocenters. The third-order valence-corrected chi connectivity index (χ3v) is 4.24. The average molecular weight is 474 g/mol. The van der Waals surface area contributed by atoms with Crippen molar-refractivity contribution >= 4 is 29.9 Å². The Hall–Kier alpha value is -1.51. The van der Waals surface area contributed by atoms with Crippen LogP contribution in [0.4, 0.5) is 0 Å². The van der Waals surface area contributed by atoms with Crippen molar-refractivity contribution in [1.29, 1.82) is 0 Å². The first kappa shape index (κ1) is 22.5. The largest absolute Gasteiger partial charge is 0.469 e. The summed E-state index contributed by atoms with van der Waals surface area (Å²) in [5.74, 6) is 2.71. The van der Waals surface area contributed by atoms with Gasteiger partial charge in [0.25, 0.3) is 0 Å². The number of aliphatic imine (C=N–C) groups is 1. The fraction of sp³-hybridized carbons (Fsp3) is 0.579. The van der Waals surface area contributed by atoms with Crippen molar-refractivity contribution in [3.8, 4) is 0 Å². The van der Waals surface area contributed by atoms with Gasteiger partial charge in [-0.25, -0.2) is 4.99 Å². The molecule has 2 heterocycles. The molecule has 0 radical (unpaired) electrons. The summed E-state index contributed by atoms with van der Waals surface area (Å²) in [4.78, 5) is 4.75. The summed E-state index contributed by atoms with van der Waals surface area (Å²) < 4.78 is 10.8. The Balaban J connectivity index is 0.00000338. The molecule has 0 aromatic carbocycles. The van der Waals surface area contributed by atoms with E-state index in [1.807, 2.05) is 12.1 Å². The molecule has 2 aromatic rings. The maximum absolute atomic E-state index is 5.43. The zero-order valence-corrected chi connectivity index (χ0v) is 18.5. The zero-order chi connectivity index (χ0) is 18.1. The highest BCUT2D eigenvalue weighted by Gasteiger charge is 2.13. The highest BCUT2D eigenvalue weighted by Crippen LogP contribution is 2.16. The topological polar surface area (TPSA) is 75.6 Å². The van der Waals surface area contributed by atoms with Crippen LogP contribution in [0.15, 0.2) is 32.3 Å². The first-order valence-electron chi connectivity index (χ1n) is 9.21. The molecule has 0 aliphatic heterocycles. The lowest BCUT2D eigenvalue weighted by atomic mass is 10.1. The number of hydrogen-bond donors (Lipinski definition) is 2. The SMILES string of the molecule is CCc1noc(CC)c1CN=C(NCCc1ccco1)NC(C)CC.I. The van der Waals surface area contributed by atoms with Crippen LogP contribution in [0, 0.1) is 0 Å². The van der Waals surface area contributed by atoms with E-state index >= 15 is 0 Å². The monoisotopic (exact) mass is 474 g/mol. The minimum absolute atomic E-state index is 0. The van der Waals surface area contributed by atoms with Crippen molar-refractivity contribution < 1.29 is 8.94 Å². The second-order valence-electron chi connectivity index (χ2n) is 6.11. The van der Waals surface area contributed by atoms with Gasteiger partial charge in [-0.1, -0.05) is 25.9 Å². The molecule has 0 spiro atoms. The molecule has 2 aromatic heterocycles. The summed E-state index contributed by atoms with van der Waals surface area (Å²) in [5, 5.41) is 11.0. The van der Waals surface area contributed by atoms with Gasteiger partial charge in [-0.15, -0.1) is 24.0 Å². The van der Waals surface area contributed by atoms with Crippen LogP contribution in [-0.2, 0) is 25.8 Å². The molecule has 0 amide bonds. The summed E-state index contributed by atoms with van der Waals surface area (Å²) >= 11 is 0. The van der Waals surface area contributed by atoms with Gasteiger partial charge in [0.2, 0.25) is 0 Å². The molecule has 0 saturated carbocycles. The summed E-state index contributed by atoms with van der Waals surface area (Å²) in [7, 11) is 0. The number of halogens is 1. The first-order valence-corrected chi connectivity index (χ1v) is 9.21. The normalized spacial score (nSPS) is 12.5. The van der Waals surface area contributed by atoms with Crippen LogP contribution in [0.5, 0.6) is 0 Å². The summed E-state index contributed by atoms with van der Waals surface area (Å²) in [6.07, 6.45) is 5.24. The Morgan fingerprint density at radius 2 is 2.08 bits per heavy atom. The van der Waals surface area contributed by atoms with Crippen LogP contribution in [0.1, 0.15) is 56.9 Å². The number of nitrogens with one attached hydrogen (secondary N) is 2. The van der Waals surface area contributed by atoms with Crippen molar-refractivity contribution in [3.63, 3.8) is 0 Å². The Morgan fingerprint density at radius 1 is 1.27 bits per heavy atom. The van der Waals surface area contributed by atoms with Crippen LogP contribution in [0.2, 0.25) is 0 Å². The molecule has 26 heavy (non-hydrogen) atoms. The van der Waals surface area contributed by atoms with Crippen LogP contribution < -0.4 is 10.6 Å². The third kappa shape index (κ3) is 6.66. The minimum atomic E-state index is 0. The first-order chi connectivity index (χ1) is 12.2. The second kappa shape index (κ2) is 12.0. The van der Waals surface area contributed by atoms with E-state index in [0.717, 1.165) is 61.0 Å². The zero-order valence-electron chi connectivity index (χ0n) is 16.2. The van der Waals surface area contributed by atoms with Gasteiger partial charge >= 0.3 is 0 Å². The fourth-order valence-electron chi connectivity index (χ4n) is 2.52. The lowest BCUT2D eigenvalue weighted by Crippen LogP contribution is -2.42. The predicted molar refractivity (Wildman–Crippen MR) is 115 cm³/mol. The van der Waals surface area contributed by atoms with Gasteiger partial charge in [-0.05, 0) is 31.9 Å². The van der Waals surface area contributed by atoms with E-state index in [9.17, 15) is 0 Å². The summed E-state index contributed by atoms with van der Waals surface area (Å²) in [5.41, 5.74) is 2.11. The molecule has 2 rings (SSSR count). The lowest BCUT2D eigenvalue weighted by Gasteiger charge is -2.17. The molecule has 146 valence electrons. The minimum Gasteiger partial charge on any atom is -0.469 e. The maximum Gasteiger partial charge on any atom is 0.191 e. The molecule has 1 unspecified atom stereocenters. The van der Waals surface area contributed by atoms with E-state index in [1.165, 1.54) is 0 Å². The number of hydrogen-bond acceptors (Lipinski definition) is 4. The Kier molecular flexibility index (Phi) is 10.4. The van der Waals surface area contributed by atoms with E-state index in [2.05, 4.69) is 43.5 Å². The van der Waals surface area contributed by atoms with E-state index in [1.54, 1.807) is 6.26 Å². The lowest BCUT2D eigenvalue weighted by molar-refractivity contribution is 0.380. The van der Waals surface area contributed by atoms with Crippen LogP contribution in [0.25, 0.3) is 0 Å². The van der Waals surface area contributed by atoms with Crippen molar-refractivity contribution in [2.45, 2.75) is 66.0 Å². The molecule has 2 N–H and O–H groups in total. The average Bonchev–Trinajstić information content (AvgIpc) is 3.28. The van der Waals surface area contributed by atoms with Gasteiger partial charge in [-0.3, -0.25) is 0 Å². The van der Waals surface area contributed by atoms with Gasteiger partial charge in [0.15, 0.2) is 5.96 Å². The standard InChI is InChI=1S/C19H30N4O2.HI/c1-5-14(4)22-19(20-11-10-15-9-8-12-24-15)21-13-16-17(6-2)23-25-18(16)7-3;/h8-9,12,14H,5-7,10-11,13H2,1-4H3,(H2,20,21,22);1H. The van der Waals surface area contributed by atoms with E-state index in [0.29, 0.717) is 12.6 Å². The molecule has 7 heteroatoms. The fourth-order valence-corrected chi connectivity index (χ4v) is 2.52. The van der Waals surface area contributed by atoms with Gasteiger partial charge in [0, 0.05) is 31.0 Å². The molecule has 0 fully saturated rings. The molecular weight excluding hydrogens is 443 g/mol. The molecule has 0 aliphatic carbocycles. The van der Waals surface area contributed by atoms with Crippen LogP contribution in [0.3, 0.4) is 0 Å². The number of aryl methyl sites for hydroxylation is 2. The van der Waals surface area contributed by atoms with Crippen molar-refractivity contribution in [2.75, 3.05) is 6.54 Å². The number of rotatable bonds is 9. The van der Waals surface area contributed by atoms with Gasteiger partial charge in [0.05, 0.1) is 18.5 Å². The predicted octanol–water partition coefficient (Wildman–Crippen LogP) is 4.09. The smallest absolute Gasteiger partial charge is 0.191 e. The highest BCUT2D eigenvalue weighted by molar-refractivity contribution is 14.0. The summed E-state index contributed by atoms with van der Waals surface area (Å²) in [6.45, 7) is 9.81. The van der Waals surface area contributed by atoms with Crippen molar-refractivity contribution in [3.05, 3.63) is 41.2 Å². The Labute approximate surface area is 173 Å². The number of furan rings is 1. The number of aromatic nitrogens is 1. The van der Waals surface area contributed by atoms with Crippen LogP contribution >= 0.6 is 24.0 Å². The van der Waals surface area contributed by atoms with E-state index in [-0.39, 0.29) is 24.0 Å². The molecule has 0 bridgehead atoms. The van der Waals surface area contributed by atoms with Crippen molar-refractivity contribution in [1.82, 2.24) is 15.8 Å². The maximum atomic E-state index is 5.43. The summed E-state index contributed by atoms with van der Waals surface area (Å²) in [6, 6.07) is 4.25. The quantitative estimate of drug-likeness (QED) is 0.326. The third-order valence-electron chi connectivity index (χ3n) is 4.24. The second-order valence-corrected chi connectivity index (χ2v) is 6.11. The number of guanidine groups is 1. The van der Waals surface area contributed by atoms with Gasteiger partial charge in [-0.2, -0.15) is 0 Å². The Bertz CT molecular complexity index is 631. The molecule has 0 saturated heterocycles. The van der Waals surface area contributed by atoms with Gasteiger partial charge in [0.1, 0.15) is 11.5 Å². The highest BCUT2D eigenvalue weighted by atomic mass is 127. The van der Waals surface area contributed by atoms with Gasteiger partial charge < -0.3 is 19.6 Å².